The summed E-state index contributed by atoms with van der Waals surface area (Å²) in [5.74, 6) is 1.83. The van der Waals surface area contributed by atoms with Gasteiger partial charge in [0, 0.05) is 81.2 Å². The Kier molecular flexibility index (Phi) is 5.01. The third-order valence-electron chi connectivity index (χ3n) is 10.3. The molecule has 34 heavy (non-hydrogen) atoms. The number of likely N-dealkylation sites (tertiary alicyclic amines) is 1. The second-order valence-electron chi connectivity index (χ2n) is 12.2. The topological polar surface area (TPSA) is 69.0 Å². The first-order chi connectivity index (χ1) is 16.5. The fourth-order valence-corrected chi connectivity index (χ4v) is 8.94. The van der Waals surface area contributed by atoms with E-state index in [4.69, 9.17) is 0 Å². The molecule has 0 unspecified atom stereocenters. The van der Waals surface area contributed by atoms with Gasteiger partial charge in [-0.15, -0.1) is 0 Å². The van der Waals surface area contributed by atoms with Crippen molar-refractivity contribution in [3.8, 4) is 0 Å². The first kappa shape index (κ1) is 21.6. The van der Waals surface area contributed by atoms with E-state index >= 15 is 0 Å². The summed E-state index contributed by atoms with van der Waals surface area (Å²) < 4.78 is 1.99. The van der Waals surface area contributed by atoms with Crippen LogP contribution in [-0.4, -0.2) is 81.3 Å². The number of aliphatic hydroxyl groups is 1. The Morgan fingerprint density at radius 2 is 1.91 bits per heavy atom. The number of carbonyl (C=O) groups is 1. The van der Waals surface area contributed by atoms with E-state index in [-0.39, 0.29) is 23.3 Å². The minimum Gasteiger partial charge on any atom is -0.370 e. The number of carbonyl (C=O) groups excluding carboxylic acids is 1. The second-order valence-corrected chi connectivity index (χ2v) is 12.2. The summed E-state index contributed by atoms with van der Waals surface area (Å²) in [7, 11) is 0. The number of piperidine rings is 5. The molecule has 6 aliphatic rings. The van der Waals surface area contributed by atoms with Gasteiger partial charge < -0.3 is 19.5 Å². The molecular formula is C27H38N4O3. The molecule has 5 fully saturated rings. The van der Waals surface area contributed by atoms with Crippen LogP contribution in [0, 0.1) is 23.7 Å². The normalized spacial score (nSPS) is 42.0. The van der Waals surface area contributed by atoms with Gasteiger partial charge >= 0.3 is 0 Å². The fourth-order valence-electron chi connectivity index (χ4n) is 8.94. The maximum Gasteiger partial charge on any atom is 0.250 e. The molecule has 5 saturated heterocycles. The molecule has 1 N–H and O–H groups in total. The van der Waals surface area contributed by atoms with Crippen LogP contribution in [0.4, 0.5) is 0 Å². The third-order valence-corrected chi connectivity index (χ3v) is 10.3. The van der Waals surface area contributed by atoms with Crippen molar-refractivity contribution in [2.45, 2.75) is 69.2 Å². The summed E-state index contributed by atoms with van der Waals surface area (Å²) in [6.45, 7) is 6.43. The number of aromatic nitrogens is 1. The maximum absolute atomic E-state index is 13.1. The molecule has 7 heterocycles. The Hall–Kier alpha value is -1.70. The highest BCUT2D eigenvalue weighted by Gasteiger charge is 2.60. The molecule has 184 valence electrons. The summed E-state index contributed by atoms with van der Waals surface area (Å²) in [5.41, 5.74) is 0.299. The summed E-state index contributed by atoms with van der Waals surface area (Å²) >= 11 is 0. The Bertz CT molecular complexity index is 1040. The zero-order valence-corrected chi connectivity index (χ0v) is 20.1. The monoisotopic (exact) mass is 466 g/mol. The number of amides is 1. The predicted molar refractivity (Wildman–Crippen MR) is 128 cm³/mol. The van der Waals surface area contributed by atoms with Crippen LogP contribution in [0.25, 0.3) is 0 Å². The number of rotatable bonds is 2. The number of nitrogens with zero attached hydrogens (tertiary/aromatic N) is 4. The quantitative estimate of drug-likeness (QED) is 0.719. The lowest BCUT2D eigenvalue weighted by Gasteiger charge is -2.63. The van der Waals surface area contributed by atoms with Crippen LogP contribution >= 0.6 is 0 Å². The Morgan fingerprint density at radius 1 is 1.00 bits per heavy atom. The van der Waals surface area contributed by atoms with Gasteiger partial charge in [0.2, 0.25) is 5.91 Å². The van der Waals surface area contributed by atoms with Gasteiger partial charge in [-0.25, -0.2) is 0 Å². The van der Waals surface area contributed by atoms with Crippen LogP contribution in [0.1, 0.15) is 56.6 Å². The standard InChI is InChI=1S/C27H38N4O3/c32-25-6-3-5-24-19-10-18(13-30(24)25)12-28(14-19)16-21-7-8-26(33)31-15-20-11-22(27(21,31)34)17-29-9-2-1-4-23(20)29/h3,5-6,18-23,34H,1-2,4,7-17H2/t18-,19+,20-,21+,22-,23+,27+/m0/s1. The average molecular weight is 467 g/mol. The van der Waals surface area contributed by atoms with Crippen LogP contribution < -0.4 is 5.56 Å². The highest BCUT2D eigenvalue weighted by atomic mass is 16.3. The van der Waals surface area contributed by atoms with Gasteiger partial charge in [0.1, 0.15) is 5.72 Å². The van der Waals surface area contributed by atoms with Gasteiger partial charge in [0.15, 0.2) is 0 Å². The fraction of sp³-hybridized carbons (Fsp3) is 0.778. The Morgan fingerprint density at radius 3 is 2.82 bits per heavy atom. The van der Waals surface area contributed by atoms with Gasteiger partial charge in [-0.3, -0.25) is 14.5 Å². The first-order valence-electron chi connectivity index (χ1n) is 13.7. The van der Waals surface area contributed by atoms with E-state index in [2.05, 4.69) is 15.9 Å². The highest BCUT2D eigenvalue weighted by molar-refractivity contribution is 5.78. The van der Waals surface area contributed by atoms with E-state index in [0.29, 0.717) is 30.2 Å². The zero-order chi connectivity index (χ0) is 23.0. The number of fused-ring (bicyclic) bond motifs is 10. The highest BCUT2D eigenvalue weighted by Crippen LogP contribution is 2.50. The van der Waals surface area contributed by atoms with Crippen molar-refractivity contribution in [2.75, 3.05) is 39.3 Å². The van der Waals surface area contributed by atoms with Crippen molar-refractivity contribution in [2.24, 2.45) is 23.7 Å². The second kappa shape index (κ2) is 7.90. The lowest BCUT2D eigenvalue weighted by molar-refractivity contribution is -0.251. The average Bonchev–Trinajstić information content (AvgIpc) is 2.83. The van der Waals surface area contributed by atoms with Crippen molar-refractivity contribution >= 4 is 5.91 Å². The van der Waals surface area contributed by atoms with Crippen LogP contribution in [0.3, 0.4) is 0 Å². The summed E-state index contributed by atoms with van der Waals surface area (Å²) in [4.78, 5) is 32.6. The third kappa shape index (κ3) is 3.19. The lowest BCUT2D eigenvalue weighted by Crippen LogP contribution is -2.74. The zero-order valence-electron chi connectivity index (χ0n) is 20.1. The predicted octanol–water partition coefficient (Wildman–Crippen LogP) is 1.70. The van der Waals surface area contributed by atoms with E-state index in [1.54, 1.807) is 6.07 Å². The Labute approximate surface area is 201 Å². The molecule has 1 aromatic rings. The van der Waals surface area contributed by atoms with Crippen molar-refractivity contribution in [3.63, 3.8) is 0 Å². The molecule has 0 radical (unpaired) electrons. The molecule has 0 aliphatic carbocycles. The largest absolute Gasteiger partial charge is 0.370 e. The molecule has 7 rings (SSSR count). The number of pyridine rings is 1. The smallest absolute Gasteiger partial charge is 0.250 e. The number of hydrogen-bond acceptors (Lipinski definition) is 5. The van der Waals surface area contributed by atoms with E-state index in [1.165, 1.54) is 25.0 Å². The molecule has 7 nitrogen and oxygen atoms in total. The SMILES string of the molecule is O=C1CC[C@H](CN2C[C@@H]3C[C@H](C2)c2cccc(=O)n2C3)[C@@]2(O)[C@H]3C[C@@H](CN12)[C@H]1CCCCN1C3. The molecule has 0 spiro atoms. The minimum absolute atomic E-state index is 0.106. The van der Waals surface area contributed by atoms with Crippen LogP contribution in [0.15, 0.2) is 23.0 Å². The first-order valence-corrected chi connectivity index (χ1v) is 13.7. The van der Waals surface area contributed by atoms with Gasteiger partial charge in [0.05, 0.1) is 0 Å². The van der Waals surface area contributed by atoms with Gasteiger partial charge in [-0.05, 0) is 56.6 Å². The summed E-state index contributed by atoms with van der Waals surface area (Å²) in [6, 6.07) is 6.31. The van der Waals surface area contributed by atoms with E-state index < -0.39 is 5.72 Å². The van der Waals surface area contributed by atoms with Gasteiger partial charge in [-0.2, -0.15) is 0 Å². The molecular weight excluding hydrogens is 428 g/mol. The lowest BCUT2D eigenvalue weighted by atomic mass is 9.65. The molecule has 1 amide bonds. The van der Waals surface area contributed by atoms with Crippen LogP contribution in [-0.2, 0) is 11.3 Å². The molecule has 0 saturated carbocycles. The molecule has 6 aliphatic heterocycles. The van der Waals surface area contributed by atoms with Crippen LogP contribution in [0.5, 0.6) is 0 Å². The molecule has 1 aromatic heterocycles. The van der Waals surface area contributed by atoms with Crippen molar-refractivity contribution in [1.29, 1.82) is 0 Å². The van der Waals surface area contributed by atoms with Crippen molar-refractivity contribution < 1.29 is 9.90 Å². The maximum atomic E-state index is 13.1. The summed E-state index contributed by atoms with van der Waals surface area (Å²) in [5, 5.41) is 12.4. The Balaban J connectivity index is 1.14. The van der Waals surface area contributed by atoms with E-state index in [9.17, 15) is 14.7 Å². The molecule has 7 atom stereocenters. The minimum atomic E-state index is -1.00. The van der Waals surface area contributed by atoms with Crippen molar-refractivity contribution in [3.05, 3.63) is 34.2 Å². The van der Waals surface area contributed by atoms with E-state index in [1.807, 2.05) is 15.5 Å². The van der Waals surface area contributed by atoms with Gasteiger partial charge in [0.25, 0.3) is 5.56 Å². The number of hydrogen-bond donors (Lipinski definition) is 1. The van der Waals surface area contributed by atoms with Crippen molar-refractivity contribution in [1.82, 2.24) is 19.3 Å². The molecule has 7 heteroatoms. The molecule has 0 aromatic carbocycles. The summed E-state index contributed by atoms with van der Waals surface area (Å²) in [6.07, 6.45) is 7.40. The van der Waals surface area contributed by atoms with Crippen LogP contribution in [0.2, 0.25) is 0 Å². The molecule has 4 bridgehead atoms. The van der Waals surface area contributed by atoms with E-state index in [0.717, 1.165) is 65.1 Å². The van der Waals surface area contributed by atoms with Gasteiger partial charge in [-0.1, -0.05) is 12.5 Å².